The SMILES string of the molecule is COc1cc([N+](=O)[O-])cc(/C=C2/SC(=Nc3ccc(F)cc3)NC2=O)c1O. The number of nitro groups is 1. The first-order chi connectivity index (χ1) is 12.9. The Labute approximate surface area is 156 Å². The number of nitro benzene ring substituents is 1. The van der Waals surface area contributed by atoms with Gasteiger partial charge < -0.3 is 15.2 Å². The van der Waals surface area contributed by atoms with Gasteiger partial charge in [-0.05, 0) is 42.1 Å². The number of carbonyl (C=O) groups is 1. The van der Waals surface area contributed by atoms with Crippen LogP contribution < -0.4 is 10.1 Å². The number of phenols is 1. The molecule has 0 aromatic heterocycles. The zero-order chi connectivity index (χ0) is 19.6. The molecule has 27 heavy (non-hydrogen) atoms. The second-order valence-corrected chi connectivity index (χ2v) is 6.33. The Morgan fingerprint density at radius 3 is 2.67 bits per heavy atom. The smallest absolute Gasteiger partial charge is 0.274 e. The van der Waals surface area contributed by atoms with Crippen LogP contribution in [0.4, 0.5) is 15.8 Å². The van der Waals surface area contributed by atoms with Crippen molar-refractivity contribution < 1.29 is 24.0 Å². The first-order valence-electron chi connectivity index (χ1n) is 7.48. The number of methoxy groups -OCH3 is 1. The van der Waals surface area contributed by atoms with Crippen LogP contribution in [0.1, 0.15) is 5.56 Å². The van der Waals surface area contributed by atoms with E-state index in [0.717, 1.165) is 23.9 Å². The third kappa shape index (κ3) is 4.06. The van der Waals surface area contributed by atoms with Crippen molar-refractivity contribution in [2.75, 3.05) is 7.11 Å². The van der Waals surface area contributed by atoms with E-state index in [1.54, 1.807) is 0 Å². The number of ether oxygens (including phenoxy) is 1. The molecule has 2 aromatic rings. The highest BCUT2D eigenvalue weighted by Crippen LogP contribution is 2.37. The molecule has 1 fully saturated rings. The molecule has 10 heteroatoms. The Balaban J connectivity index is 1.94. The highest BCUT2D eigenvalue weighted by Gasteiger charge is 2.25. The predicted molar refractivity (Wildman–Crippen MR) is 98.5 cm³/mol. The summed E-state index contributed by atoms with van der Waals surface area (Å²) in [4.78, 5) is 26.9. The van der Waals surface area contributed by atoms with Gasteiger partial charge in [0, 0.05) is 11.6 Å². The third-order valence-corrected chi connectivity index (χ3v) is 4.42. The molecule has 1 heterocycles. The summed E-state index contributed by atoms with van der Waals surface area (Å²) in [6.07, 6.45) is 1.30. The fraction of sp³-hybridized carbons (Fsp3) is 0.0588. The average Bonchev–Trinajstić information content (AvgIpc) is 2.97. The van der Waals surface area contributed by atoms with Crippen molar-refractivity contribution in [1.82, 2.24) is 5.32 Å². The van der Waals surface area contributed by atoms with E-state index in [4.69, 9.17) is 4.74 Å². The largest absolute Gasteiger partial charge is 0.504 e. The second kappa shape index (κ2) is 7.46. The molecule has 0 atom stereocenters. The van der Waals surface area contributed by atoms with Gasteiger partial charge in [0.05, 0.1) is 28.7 Å². The summed E-state index contributed by atoms with van der Waals surface area (Å²) in [5.74, 6) is -1.30. The van der Waals surface area contributed by atoms with Crippen molar-refractivity contribution in [3.8, 4) is 11.5 Å². The van der Waals surface area contributed by atoms with Crippen molar-refractivity contribution in [2.45, 2.75) is 0 Å². The van der Waals surface area contributed by atoms with Gasteiger partial charge in [-0.25, -0.2) is 9.38 Å². The van der Waals surface area contributed by atoms with Crippen LogP contribution in [-0.4, -0.2) is 28.2 Å². The van der Waals surface area contributed by atoms with Crippen molar-refractivity contribution in [3.63, 3.8) is 0 Å². The van der Waals surface area contributed by atoms with Crippen LogP contribution in [0.3, 0.4) is 0 Å². The van der Waals surface area contributed by atoms with Crippen LogP contribution in [0.5, 0.6) is 11.5 Å². The maximum absolute atomic E-state index is 12.9. The molecule has 1 aliphatic rings. The number of thioether (sulfide) groups is 1. The number of rotatable bonds is 4. The minimum atomic E-state index is -0.632. The van der Waals surface area contributed by atoms with Gasteiger partial charge in [-0.1, -0.05) is 0 Å². The summed E-state index contributed by atoms with van der Waals surface area (Å²) < 4.78 is 17.9. The Hall–Kier alpha value is -3.40. The number of aromatic hydroxyl groups is 1. The number of hydrogen-bond acceptors (Lipinski definition) is 7. The molecule has 1 amide bonds. The van der Waals surface area contributed by atoms with Crippen LogP contribution in [-0.2, 0) is 4.79 Å². The molecule has 0 radical (unpaired) electrons. The number of amidine groups is 1. The molecule has 0 unspecified atom stereocenters. The van der Waals surface area contributed by atoms with Crippen LogP contribution in [0.25, 0.3) is 6.08 Å². The molecule has 0 saturated carbocycles. The molecular weight excluding hydrogens is 377 g/mol. The summed E-state index contributed by atoms with van der Waals surface area (Å²) in [6.45, 7) is 0. The van der Waals surface area contributed by atoms with Crippen LogP contribution in [0.15, 0.2) is 46.3 Å². The number of aliphatic imine (C=N–C) groups is 1. The first-order valence-corrected chi connectivity index (χ1v) is 8.29. The summed E-state index contributed by atoms with van der Waals surface area (Å²) in [6, 6.07) is 7.60. The number of benzene rings is 2. The molecule has 138 valence electrons. The molecule has 2 N–H and O–H groups in total. The van der Waals surface area contributed by atoms with Gasteiger partial charge >= 0.3 is 0 Å². The fourth-order valence-corrected chi connectivity index (χ4v) is 3.07. The molecule has 0 aliphatic carbocycles. The quantitative estimate of drug-likeness (QED) is 0.471. The minimum Gasteiger partial charge on any atom is -0.504 e. The van der Waals surface area contributed by atoms with Crippen molar-refractivity contribution >= 4 is 40.3 Å². The van der Waals surface area contributed by atoms with Crippen LogP contribution in [0.2, 0.25) is 0 Å². The number of amides is 1. The van der Waals surface area contributed by atoms with Crippen LogP contribution >= 0.6 is 11.8 Å². The molecular formula is C17H12FN3O5S. The standard InChI is InChI=1S/C17H12FN3O5S/c1-26-13-8-12(21(24)25)6-9(15(13)22)7-14-16(23)20-17(27-14)19-11-4-2-10(18)3-5-11/h2-8,22H,1H3,(H,19,20,23)/b14-7+. The maximum Gasteiger partial charge on any atom is 0.274 e. The Bertz CT molecular complexity index is 989. The first kappa shape index (κ1) is 18.4. The number of carbonyl (C=O) groups excluding carboxylic acids is 1. The highest BCUT2D eigenvalue weighted by molar-refractivity contribution is 8.18. The van der Waals surface area contributed by atoms with Crippen molar-refractivity contribution in [3.05, 3.63) is 62.8 Å². The van der Waals surface area contributed by atoms with Crippen LogP contribution in [0, 0.1) is 15.9 Å². The van der Waals surface area contributed by atoms with E-state index in [1.165, 1.54) is 37.5 Å². The molecule has 1 saturated heterocycles. The Morgan fingerprint density at radius 1 is 1.33 bits per heavy atom. The van der Waals surface area contributed by atoms with E-state index in [2.05, 4.69) is 10.3 Å². The topological polar surface area (TPSA) is 114 Å². The zero-order valence-corrected chi connectivity index (χ0v) is 14.6. The van der Waals surface area contributed by atoms with Crippen molar-refractivity contribution in [2.24, 2.45) is 4.99 Å². The molecule has 0 bridgehead atoms. The van der Waals surface area contributed by atoms with Gasteiger partial charge in [0.25, 0.3) is 11.6 Å². The monoisotopic (exact) mass is 389 g/mol. The number of nitrogens with zero attached hydrogens (tertiary/aromatic N) is 2. The minimum absolute atomic E-state index is 0.0572. The van der Waals surface area contributed by atoms with Crippen molar-refractivity contribution in [1.29, 1.82) is 0 Å². The van der Waals surface area contributed by atoms with Gasteiger partial charge in [-0.15, -0.1) is 0 Å². The van der Waals surface area contributed by atoms with Gasteiger partial charge in [0.15, 0.2) is 16.7 Å². The lowest BCUT2D eigenvalue weighted by Gasteiger charge is -2.06. The van der Waals surface area contributed by atoms with E-state index in [1.807, 2.05) is 0 Å². The Kier molecular flexibility index (Phi) is 5.08. The lowest BCUT2D eigenvalue weighted by Crippen LogP contribution is -2.19. The zero-order valence-electron chi connectivity index (χ0n) is 13.8. The molecule has 8 nitrogen and oxygen atoms in total. The van der Waals surface area contributed by atoms with E-state index in [-0.39, 0.29) is 32.8 Å². The van der Waals surface area contributed by atoms with E-state index >= 15 is 0 Å². The number of phenolic OH excluding ortho intramolecular Hbond substituents is 1. The molecule has 2 aromatic carbocycles. The summed E-state index contributed by atoms with van der Waals surface area (Å²) in [5, 5.41) is 24.0. The number of nitrogens with one attached hydrogen (secondary N) is 1. The van der Waals surface area contributed by atoms with Gasteiger partial charge in [-0.3, -0.25) is 14.9 Å². The average molecular weight is 389 g/mol. The van der Waals surface area contributed by atoms with E-state index in [0.29, 0.717) is 5.69 Å². The maximum atomic E-state index is 12.9. The van der Waals surface area contributed by atoms with Gasteiger partial charge in [-0.2, -0.15) is 0 Å². The summed E-state index contributed by atoms with van der Waals surface area (Å²) in [7, 11) is 1.26. The third-order valence-electron chi connectivity index (χ3n) is 3.51. The molecule has 0 spiro atoms. The predicted octanol–water partition coefficient (Wildman–Crippen LogP) is 3.34. The highest BCUT2D eigenvalue weighted by atomic mass is 32.2. The summed E-state index contributed by atoms with van der Waals surface area (Å²) in [5.41, 5.74) is 0.210. The number of halogens is 1. The fourth-order valence-electron chi connectivity index (χ4n) is 2.24. The summed E-state index contributed by atoms with van der Waals surface area (Å²) >= 11 is 0.984. The van der Waals surface area contributed by atoms with Gasteiger partial charge in [0.1, 0.15) is 5.82 Å². The van der Waals surface area contributed by atoms with Gasteiger partial charge in [0.2, 0.25) is 0 Å². The molecule has 3 rings (SSSR count). The molecule has 1 aliphatic heterocycles. The van der Waals surface area contributed by atoms with E-state index < -0.39 is 16.6 Å². The lowest BCUT2D eigenvalue weighted by atomic mass is 10.1. The van der Waals surface area contributed by atoms with E-state index in [9.17, 15) is 24.4 Å². The number of hydrogen-bond donors (Lipinski definition) is 2. The lowest BCUT2D eigenvalue weighted by molar-refractivity contribution is -0.385. The second-order valence-electron chi connectivity index (χ2n) is 5.30. The Morgan fingerprint density at radius 2 is 2.04 bits per heavy atom. The number of non-ortho nitro benzene ring substituents is 1. The normalized spacial score (nSPS) is 16.6.